The van der Waals surface area contributed by atoms with Crippen molar-refractivity contribution in [3.8, 4) is 5.75 Å². The van der Waals surface area contributed by atoms with E-state index in [-0.39, 0.29) is 11.3 Å². The van der Waals surface area contributed by atoms with E-state index in [0.29, 0.717) is 10.9 Å². The van der Waals surface area contributed by atoms with Crippen molar-refractivity contribution in [2.24, 2.45) is 0 Å². The molecule has 4 nitrogen and oxygen atoms in total. The number of phenols is 1. The summed E-state index contributed by atoms with van der Waals surface area (Å²) in [5, 5.41) is 12.2. The molecule has 3 aromatic rings. The van der Waals surface area contributed by atoms with Crippen molar-refractivity contribution in [3.05, 3.63) is 58.6 Å². The normalized spacial score (nSPS) is 10.8. The highest BCUT2D eigenvalue weighted by Gasteiger charge is 2.08. The van der Waals surface area contributed by atoms with E-state index in [1.165, 1.54) is 17.8 Å². The smallest absolute Gasteiger partial charge is 0.251 e. The number of nitrogens with one attached hydrogen (secondary N) is 1. The molecule has 100 valence electrons. The minimum absolute atomic E-state index is 0.164. The van der Waals surface area contributed by atoms with Crippen molar-refractivity contribution in [2.45, 2.75) is 16.8 Å². The first kappa shape index (κ1) is 12.7. The zero-order valence-corrected chi connectivity index (χ0v) is 11.6. The molecule has 0 spiro atoms. The van der Waals surface area contributed by atoms with Crippen LogP contribution < -0.4 is 5.56 Å². The summed E-state index contributed by atoms with van der Waals surface area (Å²) in [5.74, 6) is 0.836. The Morgan fingerprint density at radius 3 is 2.65 bits per heavy atom. The zero-order chi connectivity index (χ0) is 14.1. The maximum Gasteiger partial charge on any atom is 0.251 e. The Kier molecular flexibility index (Phi) is 3.20. The molecule has 3 rings (SSSR count). The number of hydrogen-bond acceptors (Lipinski definition) is 4. The summed E-state index contributed by atoms with van der Waals surface area (Å²) in [6.45, 7) is 1.75. The molecule has 5 heteroatoms. The van der Waals surface area contributed by atoms with Crippen LogP contribution in [0.5, 0.6) is 5.75 Å². The lowest BCUT2D eigenvalue weighted by atomic mass is 10.1. The highest BCUT2D eigenvalue weighted by Crippen LogP contribution is 2.35. The third-order valence-electron chi connectivity index (χ3n) is 2.91. The molecule has 0 aliphatic carbocycles. The average Bonchev–Trinajstić information content (AvgIpc) is 2.41. The third-order valence-corrected chi connectivity index (χ3v) is 3.91. The minimum atomic E-state index is -0.164. The highest BCUT2D eigenvalue weighted by molar-refractivity contribution is 7.99. The van der Waals surface area contributed by atoms with Gasteiger partial charge in [0.1, 0.15) is 16.6 Å². The first-order valence-corrected chi connectivity index (χ1v) is 6.92. The van der Waals surface area contributed by atoms with Crippen LogP contribution in [0.1, 0.15) is 5.82 Å². The largest absolute Gasteiger partial charge is 0.507 e. The monoisotopic (exact) mass is 284 g/mol. The van der Waals surface area contributed by atoms with E-state index >= 15 is 0 Å². The number of H-pyrrole nitrogens is 1. The van der Waals surface area contributed by atoms with Crippen molar-refractivity contribution in [1.29, 1.82) is 0 Å². The molecular formula is C15H12N2O2S. The van der Waals surface area contributed by atoms with Gasteiger partial charge in [0.2, 0.25) is 0 Å². The topological polar surface area (TPSA) is 66.0 Å². The van der Waals surface area contributed by atoms with Crippen LogP contribution in [0.3, 0.4) is 0 Å². The summed E-state index contributed by atoms with van der Waals surface area (Å²) in [6, 6.07) is 12.6. The van der Waals surface area contributed by atoms with Crippen molar-refractivity contribution < 1.29 is 5.11 Å². The van der Waals surface area contributed by atoms with Crippen LogP contribution in [0.15, 0.2) is 57.2 Å². The standard InChI is InChI=1S/C15H12N2O2S/c1-9-16-14(19)8-15(17-9)20-13-7-6-12(18)10-4-2-3-5-11(10)13/h2-8,18H,1H3,(H,16,17,19). The number of aromatic amines is 1. The molecule has 0 amide bonds. The van der Waals surface area contributed by atoms with Crippen LogP contribution in [0.25, 0.3) is 10.8 Å². The van der Waals surface area contributed by atoms with Crippen LogP contribution in [-0.2, 0) is 0 Å². The van der Waals surface area contributed by atoms with Crippen molar-refractivity contribution >= 4 is 22.5 Å². The maximum atomic E-state index is 11.5. The Labute approximate surface area is 119 Å². The van der Waals surface area contributed by atoms with Gasteiger partial charge in [0.15, 0.2) is 0 Å². The number of aryl methyl sites for hydroxylation is 1. The van der Waals surface area contributed by atoms with Crippen LogP contribution in [0, 0.1) is 6.92 Å². The number of aromatic nitrogens is 2. The number of nitrogens with zero attached hydrogens (tertiary/aromatic N) is 1. The molecule has 0 saturated heterocycles. The predicted molar refractivity (Wildman–Crippen MR) is 79.3 cm³/mol. The molecule has 0 bridgehead atoms. The molecule has 2 aromatic carbocycles. The van der Waals surface area contributed by atoms with Gasteiger partial charge in [-0.2, -0.15) is 0 Å². The Hall–Kier alpha value is -2.27. The van der Waals surface area contributed by atoms with E-state index in [9.17, 15) is 9.90 Å². The van der Waals surface area contributed by atoms with Gasteiger partial charge >= 0.3 is 0 Å². The van der Waals surface area contributed by atoms with Gasteiger partial charge in [-0.25, -0.2) is 4.98 Å². The molecule has 0 saturated carbocycles. The molecular weight excluding hydrogens is 272 g/mol. The van der Waals surface area contributed by atoms with Gasteiger partial charge in [-0.15, -0.1) is 0 Å². The summed E-state index contributed by atoms with van der Waals surface area (Å²) in [7, 11) is 0. The Morgan fingerprint density at radius 2 is 1.90 bits per heavy atom. The van der Waals surface area contributed by atoms with Gasteiger partial charge in [-0.3, -0.25) is 4.79 Å². The molecule has 0 aliphatic heterocycles. The molecule has 1 heterocycles. The fraction of sp³-hybridized carbons (Fsp3) is 0.0667. The van der Waals surface area contributed by atoms with E-state index in [1.54, 1.807) is 13.0 Å². The number of phenolic OH excluding ortho intramolecular Hbond substituents is 1. The molecule has 0 aliphatic rings. The Balaban J connectivity index is 2.11. The van der Waals surface area contributed by atoms with Crippen LogP contribution in [0.2, 0.25) is 0 Å². The van der Waals surface area contributed by atoms with E-state index in [2.05, 4.69) is 9.97 Å². The highest BCUT2D eigenvalue weighted by atomic mass is 32.2. The molecule has 20 heavy (non-hydrogen) atoms. The number of benzene rings is 2. The molecule has 0 unspecified atom stereocenters. The van der Waals surface area contributed by atoms with Gasteiger partial charge < -0.3 is 10.1 Å². The van der Waals surface area contributed by atoms with Gasteiger partial charge in [0.05, 0.1) is 0 Å². The van der Waals surface area contributed by atoms with Crippen LogP contribution in [0.4, 0.5) is 0 Å². The molecule has 2 N–H and O–H groups in total. The number of aromatic hydroxyl groups is 1. The molecule has 1 aromatic heterocycles. The summed E-state index contributed by atoms with van der Waals surface area (Å²) < 4.78 is 0. The second kappa shape index (κ2) is 5.02. The average molecular weight is 284 g/mol. The van der Waals surface area contributed by atoms with E-state index in [1.807, 2.05) is 30.3 Å². The SMILES string of the molecule is Cc1nc(Sc2ccc(O)c3ccccc23)cc(=O)[nH]1. The Morgan fingerprint density at radius 1 is 1.15 bits per heavy atom. The predicted octanol–water partition coefficient (Wildman–Crippen LogP) is 3.09. The second-order valence-corrected chi connectivity index (χ2v) is 5.46. The third kappa shape index (κ3) is 2.40. The fourth-order valence-corrected chi connectivity index (χ4v) is 3.06. The van der Waals surface area contributed by atoms with E-state index in [0.717, 1.165) is 15.7 Å². The summed E-state index contributed by atoms with van der Waals surface area (Å²) in [4.78, 5) is 19.4. The maximum absolute atomic E-state index is 11.5. The lowest BCUT2D eigenvalue weighted by molar-refractivity contribution is 0.481. The second-order valence-electron chi connectivity index (χ2n) is 4.40. The van der Waals surface area contributed by atoms with Crippen molar-refractivity contribution in [2.75, 3.05) is 0 Å². The number of hydrogen-bond donors (Lipinski definition) is 2. The minimum Gasteiger partial charge on any atom is -0.507 e. The van der Waals surface area contributed by atoms with E-state index in [4.69, 9.17) is 0 Å². The zero-order valence-electron chi connectivity index (χ0n) is 10.8. The van der Waals surface area contributed by atoms with Gasteiger partial charge in [0.25, 0.3) is 5.56 Å². The van der Waals surface area contributed by atoms with Crippen LogP contribution in [-0.4, -0.2) is 15.1 Å². The van der Waals surface area contributed by atoms with Crippen molar-refractivity contribution in [1.82, 2.24) is 9.97 Å². The van der Waals surface area contributed by atoms with E-state index < -0.39 is 0 Å². The fourth-order valence-electron chi connectivity index (χ4n) is 2.06. The summed E-state index contributed by atoms with van der Waals surface area (Å²) in [5.41, 5.74) is -0.164. The van der Waals surface area contributed by atoms with Crippen molar-refractivity contribution in [3.63, 3.8) is 0 Å². The summed E-state index contributed by atoms with van der Waals surface area (Å²) in [6.07, 6.45) is 0. The van der Waals surface area contributed by atoms with Gasteiger partial charge in [-0.05, 0) is 24.4 Å². The quantitative estimate of drug-likeness (QED) is 0.710. The number of rotatable bonds is 2. The molecule has 0 fully saturated rings. The molecule has 0 radical (unpaired) electrons. The van der Waals surface area contributed by atoms with Gasteiger partial charge in [0, 0.05) is 16.3 Å². The number of fused-ring (bicyclic) bond motifs is 1. The van der Waals surface area contributed by atoms with Crippen LogP contribution >= 0.6 is 11.8 Å². The Bertz CT molecular complexity index is 843. The first-order valence-electron chi connectivity index (χ1n) is 6.10. The summed E-state index contributed by atoms with van der Waals surface area (Å²) >= 11 is 1.41. The molecule has 0 atom stereocenters. The lowest BCUT2D eigenvalue weighted by Crippen LogP contribution is -2.07. The van der Waals surface area contributed by atoms with Gasteiger partial charge in [-0.1, -0.05) is 36.0 Å². The first-order chi connectivity index (χ1) is 9.63. The lowest BCUT2D eigenvalue weighted by Gasteiger charge is -2.07.